The summed E-state index contributed by atoms with van der Waals surface area (Å²) in [6.45, 7) is 2.11. The van der Waals surface area contributed by atoms with Crippen LogP contribution < -0.4 is 19.7 Å². The quantitative estimate of drug-likeness (QED) is 0.268. The van der Waals surface area contributed by atoms with Crippen LogP contribution in [0.4, 0.5) is 5.69 Å². The highest BCUT2D eigenvalue weighted by Crippen LogP contribution is 2.39. The Morgan fingerprint density at radius 2 is 1.61 bits per heavy atom. The van der Waals surface area contributed by atoms with Crippen molar-refractivity contribution in [3.8, 4) is 11.5 Å². The molecule has 9 heteroatoms. The van der Waals surface area contributed by atoms with Gasteiger partial charge < -0.3 is 14.8 Å². The summed E-state index contributed by atoms with van der Waals surface area (Å²) in [7, 11) is 3.05. The Morgan fingerprint density at radius 3 is 2.34 bits per heavy atom. The molecule has 0 radical (unpaired) electrons. The number of amides is 2. The first-order valence-corrected chi connectivity index (χ1v) is 13.2. The Kier molecular flexibility index (Phi) is 8.24. The van der Waals surface area contributed by atoms with Gasteiger partial charge in [0, 0.05) is 17.8 Å². The summed E-state index contributed by atoms with van der Waals surface area (Å²) in [5.74, 6) is 0.0856. The maximum Gasteiger partial charge on any atom is 0.249 e. The minimum atomic E-state index is -1.09. The number of carbonyl (C=O) groups excluding carboxylic acids is 2. The zero-order valence-corrected chi connectivity index (χ0v) is 23.2. The number of methoxy groups -OCH3 is 2. The number of benzene rings is 4. The van der Waals surface area contributed by atoms with Gasteiger partial charge in [-0.2, -0.15) is 0 Å². The fourth-order valence-corrected chi connectivity index (χ4v) is 4.79. The van der Waals surface area contributed by atoms with E-state index in [-0.39, 0.29) is 24.9 Å². The summed E-state index contributed by atoms with van der Waals surface area (Å²) < 4.78 is 12.8. The second-order valence-corrected chi connectivity index (χ2v) is 9.52. The molecule has 0 saturated heterocycles. The van der Waals surface area contributed by atoms with Crippen LogP contribution in [-0.4, -0.2) is 41.0 Å². The molecule has 1 atom stereocenters. The monoisotopic (exact) mass is 549 g/mol. The molecule has 0 saturated carbocycles. The number of anilines is 1. The maximum atomic E-state index is 14.3. The molecular weight excluding hydrogens is 518 g/mol. The molecule has 1 aromatic heterocycles. The molecule has 1 N–H and O–H groups in total. The van der Waals surface area contributed by atoms with E-state index in [4.69, 9.17) is 9.47 Å². The number of carbonyl (C=O) groups is 2. The number of hydrogen-bond acceptors (Lipinski definition) is 6. The van der Waals surface area contributed by atoms with Gasteiger partial charge in [0.15, 0.2) is 11.5 Å². The van der Waals surface area contributed by atoms with Crippen molar-refractivity contribution in [2.45, 2.75) is 26.1 Å². The van der Waals surface area contributed by atoms with Gasteiger partial charge in [0.1, 0.15) is 18.1 Å². The maximum absolute atomic E-state index is 14.3. The molecule has 208 valence electrons. The molecule has 5 aromatic rings. The Hall–Kier alpha value is -5.18. The fourth-order valence-electron chi connectivity index (χ4n) is 4.79. The zero-order valence-electron chi connectivity index (χ0n) is 23.2. The first-order chi connectivity index (χ1) is 20.0. The molecular formula is C32H31N5O4. The van der Waals surface area contributed by atoms with E-state index in [2.05, 4.69) is 15.6 Å². The van der Waals surface area contributed by atoms with Crippen molar-refractivity contribution >= 4 is 28.5 Å². The molecule has 2 amide bonds. The van der Waals surface area contributed by atoms with Crippen LogP contribution in [0, 0.1) is 6.92 Å². The number of aryl methyl sites for hydroxylation is 1. The first-order valence-electron chi connectivity index (χ1n) is 13.2. The van der Waals surface area contributed by atoms with Gasteiger partial charge >= 0.3 is 0 Å². The molecule has 0 aliphatic carbocycles. The van der Waals surface area contributed by atoms with Crippen molar-refractivity contribution in [3.05, 3.63) is 114 Å². The van der Waals surface area contributed by atoms with E-state index in [1.165, 1.54) is 19.1 Å². The summed E-state index contributed by atoms with van der Waals surface area (Å²) >= 11 is 0. The third-order valence-electron chi connectivity index (χ3n) is 6.83. The van der Waals surface area contributed by atoms with E-state index in [1.54, 1.807) is 22.9 Å². The van der Waals surface area contributed by atoms with Gasteiger partial charge in [0.05, 0.1) is 19.7 Å². The molecule has 5 rings (SSSR count). The van der Waals surface area contributed by atoms with E-state index in [9.17, 15) is 9.59 Å². The number of ether oxygens (including phenoxy) is 2. The van der Waals surface area contributed by atoms with Gasteiger partial charge in [-0.15, -0.1) is 5.10 Å². The Labute approximate surface area is 238 Å². The summed E-state index contributed by atoms with van der Waals surface area (Å²) in [6, 6.07) is 28.7. The molecule has 0 bridgehead atoms. The summed E-state index contributed by atoms with van der Waals surface area (Å²) in [5.41, 5.74) is 4.37. The topological polar surface area (TPSA) is 98.6 Å². The lowest BCUT2D eigenvalue weighted by atomic mass is 10.0. The van der Waals surface area contributed by atoms with Crippen molar-refractivity contribution in [2.24, 2.45) is 0 Å². The highest BCUT2D eigenvalue weighted by Gasteiger charge is 2.36. The lowest BCUT2D eigenvalue weighted by Gasteiger charge is -2.32. The Bertz CT molecular complexity index is 1650. The number of rotatable bonds is 10. The fraction of sp³-hybridized carbons (Fsp3) is 0.188. The molecule has 4 aromatic carbocycles. The van der Waals surface area contributed by atoms with Crippen molar-refractivity contribution in [3.63, 3.8) is 0 Å². The zero-order chi connectivity index (χ0) is 28.8. The third kappa shape index (κ3) is 5.89. The normalized spacial score (nSPS) is 11.6. The van der Waals surface area contributed by atoms with Gasteiger partial charge in [-0.05, 0) is 42.8 Å². The molecule has 0 fully saturated rings. The van der Waals surface area contributed by atoms with Crippen LogP contribution in [-0.2, 0) is 22.7 Å². The highest BCUT2D eigenvalue weighted by molar-refractivity contribution is 6.02. The van der Waals surface area contributed by atoms with Gasteiger partial charge in [0.2, 0.25) is 11.8 Å². The van der Waals surface area contributed by atoms with Gasteiger partial charge in [-0.25, -0.2) is 4.68 Å². The SMILES string of the molecule is COc1cccc([C@@H](C(=O)NCc2ccccc2)N(C(=O)Cn2nnc3ccccc32)c2ccc(C)cc2)c1OC. The van der Waals surface area contributed by atoms with E-state index in [0.29, 0.717) is 33.8 Å². The van der Waals surface area contributed by atoms with Crippen LogP contribution in [0.5, 0.6) is 11.5 Å². The van der Waals surface area contributed by atoms with E-state index in [1.807, 2.05) is 85.8 Å². The molecule has 1 heterocycles. The minimum absolute atomic E-state index is 0.136. The summed E-state index contributed by atoms with van der Waals surface area (Å²) in [5, 5.41) is 11.4. The van der Waals surface area contributed by atoms with Crippen LogP contribution >= 0.6 is 0 Å². The largest absolute Gasteiger partial charge is 0.493 e. The van der Waals surface area contributed by atoms with E-state index < -0.39 is 6.04 Å². The number of fused-ring (bicyclic) bond motifs is 1. The summed E-state index contributed by atoms with van der Waals surface area (Å²) in [4.78, 5) is 29.9. The van der Waals surface area contributed by atoms with Gasteiger partial charge in [-0.1, -0.05) is 77.5 Å². The Balaban J connectivity index is 1.62. The number of para-hydroxylation sites is 2. The molecule has 9 nitrogen and oxygen atoms in total. The van der Waals surface area contributed by atoms with Crippen molar-refractivity contribution in [1.29, 1.82) is 0 Å². The second kappa shape index (κ2) is 12.3. The smallest absolute Gasteiger partial charge is 0.249 e. The molecule has 0 aliphatic rings. The van der Waals surface area contributed by atoms with Crippen LogP contribution in [0.25, 0.3) is 11.0 Å². The van der Waals surface area contributed by atoms with Crippen molar-refractivity contribution in [2.75, 3.05) is 19.1 Å². The minimum Gasteiger partial charge on any atom is -0.493 e. The predicted octanol–water partition coefficient (Wildman–Crippen LogP) is 4.85. The summed E-state index contributed by atoms with van der Waals surface area (Å²) in [6.07, 6.45) is 0. The third-order valence-corrected chi connectivity index (χ3v) is 6.83. The van der Waals surface area contributed by atoms with Gasteiger partial charge in [0.25, 0.3) is 0 Å². The van der Waals surface area contributed by atoms with Crippen LogP contribution in [0.1, 0.15) is 22.7 Å². The molecule has 0 spiro atoms. The number of nitrogens with zero attached hydrogens (tertiary/aromatic N) is 4. The Morgan fingerprint density at radius 1 is 0.878 bits per heavy atom. The van der Waals surface area contributed by atoms with E-state index >= 15 is 0 Å². The number of aromatic nitrogens is 3. The predicted molar refractivity (Wildman–Crippen MR) is 157 cm³/mol. The molecule has 0 aliphatic heterocycles. The van der Waals surface area contributed by atoms with Crippen LogP contribution in [0.3, 0.4) is 0 Å². The average Bonchev–Trinajstić information content (AvgIpc) is 3.41. The molecule has 0 unspecified atom stereocenters. The highest BCUT2D eigenvalue weighted by atomic mass is 16.5. The standard InChI is InChI=1S/C32H31N5O4/c1-22-16-18-24(19-17-22)37(29(38)21-36-27-14-8-7-13-26(27)34-35-36)30(25-12-9-15-28(40-2)31(25)41-3)32(39)33-20-23-10-5-4-6-11-23/h4-19,30H,20-21H2,1-3H3,(H,33,39)/t30-/m0/s1. The number of nitrogens with one attached hydrogen (secondary N) is 1. The van der Waals surface area contributed by atoms with E-state index in [0.717, 1.165) is 11.1 Å². The number of hydrogen-bond donors (Lipinski definition) is 1. The molecule has 41 heavy (non-hydrogen) atoms. The first kappa shape index (κ1) is 27.4. The van der Waals surface area contributed by atoms with Crippen LogP contribution in [0.15, 0.2) is 97.1 Å². The van der Waals surface area contributed by atoms with Crippen molar-refractivity contribution in [1.82, 2.24) is 20.3 Å². The van der Waals surface area contributed by atoms with Crippen LogP contribution in [0.2, 0.25) is 0 Å². The van der Waals surface area contributed by atoms with Crippen molar-refractivity contribution < 1.29 is 19.1 Å². The lowest BCUT2D eigenvalue weighted by molar-refractivity contribution is -0.127. The van der Waals surface area contributed by atoms with Gasteiger partial charge in [-0.3, -0.25) is 14.5 Å². The second-order valence-electron chi connectivity index (χ2n) is 9.52. The average molecular weight is 550 g/mol. The lowest BCUT2D eigenvalue weighted by Crippen LogP contribution is -2.45.